The number of hydrogen-bond acceptors (Lipinski definition) is 2. The average molecular weight is 506 g/mol. The van der Waals surface area contributed by atoms with Crippen LogP contribution >= 0.6 is 22.6 Å². The number of halogens is 1. The first-order valence-corrected chi connectivity index (χ1v) is 12.0. The summed E-state index contributed by atoms with van der Waals surface area (Å²) in [6.07, 6.45) is 16.7. The summed E-state index contributed by atoms with van der Waals surface area (Å²) in [6.45, 7) is 0.156. The maximum Gasteiger partial charge on any atom is 0.256 e. The second-order valence-electron chi connectivity index (χ2n) is 8.30. The van der Waals surface area contributed by atoms with Gasteiger partial charge in [0.25, 0.3) is 5.91 Å². The Hall–Kier alpha value is -1.55. The van der Waals surface area contributed by atoms with E-state index in [1.807, 2.05) is 24.3 Å². The zero-order valence-electron chi connectivity index (χ0n) is 17.0. The summed E-state index contributed by atoms with van der Waals surface area (Å²) >= 11 is 2.18. The Morgan fingerprint density at radius 2 is 1.69 bits per heavy atom. The number of carbonyl (C=O) groups excluding carboxylic acids is 2. The number of benzene rings is 1. The predicted molar refractivity (Wildman–Crippen MR) is 124 cm³/mol. The van der Waals surface area contributed by atoms with E-state index in [0.29, 0.717) is 5.56 Å². The van der Waals surface area contributed by atoms with Gasteiger partial charge in [0.05, 0.1) is 12.1 Å². The van der Waals surface area contributed by atoms with Gasteiger partial charge in [0.1, 0.15) is 6.04 Å². The van der Waals surface area contributed by atoms with E-state index >= 15 is 0 Å². The van der Waals surface area contributed by atoms with Crippen molar-refractivity contribution in [3.8, 4) is 12.3 Å². The van der Waals surface area contributed by atoms with E-state index in [4.69, 9.17) is 6.42 Å². The van der Waals surface area contributed by atoms with E-state index in [-0.39, 0.29) is 30.3 Å². The van der Waals surface area contributed by atoms with Crippen LogP contribution in [0.4, 0.5) is 0 Å². The van der Waals surface area contributed by atoms with Crippen molar-refractivity contribution in [1.29, 1.82) is 0 Å². The van der Waals surface area contributed by atoms with E-state index in [9.17, 15) is 9.59 Å². The van der Waals surface area contributed by atoms with Crippen LogP contribution in [0.2, 0.25) is 0 Å². The number of amides is 2. The van der Waals surface area contributed by atoms with Crippen LogP contribution < -0.4 is 5.32 Å². The third kappa shape index (κ3) is 5.75. The minimum atomic E-state index is -0.489. The molecule has 1 unspecified atom stereocenters. The lowest BCUT2D eigenvalue weighted by Crippen LogP contribution is -2.55. The predicted octanol–water partition coefficient (Wildman–Crippen LogP) is 4.76. The maximum absolute atomic E-state index is 13.5. The van der Waals surface area contributed by atoms with Gasteiger partial charge in [-0.05, 0) is 66.3 Å². The first-order chi connectivity index (χ1) is 14.1. The van der Waals surface area contributed by atoms with E-state index < -0.39 is 6.04 Å². The maximum atomic E-state index is 13.5. The van der Waals surface area contributed by atoms with Crippen LogP contribution in [-0.2, 0) is 4.79 Å². The van der Waals surface area contributed by atoms with E-state index in [1.54, 1.807) is 4.90 Å². The van der Waals surface area contributed by atoms with Crippen LogP contribution in [-0.4, -0.2) is 35.3 Å². The Kier molecular flexibility index (Phi) is 8.40. The Balaban J connectivity index is 1.88. The van der Waals surface area contributed by atoms with Crippen molar-refractivity contribution in [2.45, 2.75) is 76.3 Å². The summed E-state index contributed by atoms with van der Waals surface area (Å²) in [4.78, 5) is 28.6. The Morgan fingerprint density at radius 1 is 1.07 bits per heavy atom. The van der Waals surface area contributed by atoms with Gasteiger partial charge in [0, 0.05) is 9.61 Å². The van der Waals surface area contributed by atoms with Gasteiger partial charge in [-0.3, -0.25) is 9.59 Å². The van der Waals surface area contributed by atoms with Crippen LogP contribution in [0, 0.1) is 21.8 Å². The number of terminal acetylenes is 1. The highest BCUT2D eigenvalue weighted by Gasteiger charge is 2.38. The van der Waals surface area contributed by atoms with Crippen molar-refractivity contribution < 1.29 is 9.59 Å². The summed E-state index contributed by atoms with van der Waals surface area (Å²) in [5, 5.41) is 3.27. The zero-order valence-corrected chi connectivity index (χ0v) is 19.2. The minimum Gasteiger partial charge on any atom is -0.352 e. The molecule has 1 aromatic rings. The molecule has 1 aromatic carbocycles. The molecule has 0 aliphatic heterocycles. The third-order valence-electron chi connectivity index (χ3n) is 6.28. The molecule has 0 heterocycles. The van der Waals surface area contributed by atoms with Gasteiger partial charge in [-0.25, -0.2) is 0 Å². The molecule has 29 heavy (non-hydrogen) atoms. The van der Waals surface area contributed by atoms with Gasteiger partial charge in [-0.1, -0.05) is 56.6 Å². The molecular weight excluding hydrogens is 475 g/mol. The molecule has 5 heteroatoms. The quantitative estimate of drug-likeness (QED) is 0.447. The SMILES string of the molecule is C#CCN(C(=O)c1ccccc1I)C(C(=O)NC1CCCCC1)C1CCCCC1. The number of carbonyl (C=O) groups is 2. The van der Waals surface area contributed by atoms with Crippen LogP contribution in [0.1, 0.15) is 74.6 Å². The average Bonchev–Trinajstić information content (AvgIpc) is 2.75. The lowest BCUT2D eigenvalue weighted by molar-refractivity contribution is -0.128. The number of rotatable bonds is 6. The van der Waals surface area contributed by atoms with Crippen molar-refractivity contribution >= 4 is 34.4 Å². The van der Waals surface area contributed by atoms with Crippen molar-refractivity contribution in [2.75, 3.05) is 6.54 Å². The van der Waals surface area contributed by atoms with Crippen molar-refractivity contribution in [3.63, 3.8) is 0 Å². The van der Waals surface area contributed by atoms with Crippen LogP contribution in [0.3, 0.4) is 0 Å². The molecule has 2 aliphatic rings. The van der Waals surface area contributed by atoms with Gasteiger partial charge < -0.3 is 10.2 Å². The fourth-order valence-electron chi connectivity index (χ4n) is 4.78. The fraction of sp³-hybridized carbons (Fsp3) is 0.583. The summed E-state index contributed by atoms with van der Waals surface area (Å²) < 4.78 is 0.882. The zero-order chi connectivity index (χ0) is 20.6. The highest BCUT2D eigenvalue weighted by Crippen LogP contribution is 2.31. The van der Waals surface area contributed by atoms with Crippen LogP contribution in [0.15, 0.2) is 24.3 Å². The standard InChI is InChI=1S/C24H31IN2O2/c1-2-17-27(24(29)20-15-9-10-16-21(20)25)22(18-11-5-3-6-12-18)23(28)26-19-13-7-4-8-14-19/h1,9-10,15-16,18-19,22H,3-8,11-14,17H2,(H,26,28). The normalized spacial score (nSPS) is 19.2. The molecule has 2 saturated carbocycles. The molecule has 1 N–H and O–H groups in total. The van der Waals surface area contributed by atoms with E-state index in [0.717, 1.165) is 54.9 Å². The van der Waals surface area contributed by atoms with Gasteiger partial charge in [-0.15, -0.1) is 6.42 Å². The van der Waals surface area contributed by atoms with E-state index in [2.05, 4.69) is 33.8 Å². The van der Waals surface area contributed by atoms with E-state index in [1.165, 1.54) is 12.8 Å². The lowest BCUT2D eigenvalue weighted by atomic mass is 9.82. The molecule has 0 aromatic heterocycles. The molecule has 2 aliphatic carbocycles. The van der Waals surface area contributed by atoms with Crippen molar-refractivity contribution in [1.82, 2.24) is 10.2 Å². The Bertz CT molecular complexity index is 745. The summed E-state index contributed by atoms with van der Waals surface area (Å²) in [5.41, 5.74) is 0.620. The second-order valence-corrected chi connectivity index (χ2v) is 9.47. The van der Waals surface area contributed by atoms with Gasteiger partial charge >= 0.3 is 0 Å². The summed E-state index contributed by atoms with van der Waals surface area (Å²) in [6, 6.07) is 7.25. The second kappa shape index (κ2) is 11.0. The van der Waals surface area contributed by atoms with Gasteiger partial charge in [0.2, 0.25) is 5.91 Å². The fourth-order valence-corrected chi connectivity index (χ4v) is 5.40. The molecule has 0 spiro atoms. The largest absolute Gasteiger partial charge is 0.352 e. The lowest BCUT2D eigenvalue weighted by Gasteiger charge is -2.38. The topological polar surface area (TPSA) is 49.4 Å². The summed E-state index contributed by atoms with van der Waals surface area (Å²) in [5.74, 6) is 2.66. The molecule has 2 amide bonds. The van der Waals surface area contributed by atoms with Crippen LogP contribution in [0.5, 0.6) is 0 Å². The molecule has 0 saturated heterocycles. The highest BCUT2D eigenvalue weighted by atomic mass is 127. The number of nitrogens with one attached hydrogen (secondary N) is 1. The molecule has 156 valence electrons. The number of hydrogen-bond donors (Lipinski definition) is 1. The third-order valence-corrected chi connectivity index (χ3v) is 7.22. The molecule has 3 rings (SSSR count). The smallest absolute Gasteiger partial charge is 0.256 e. The molecule has 0 bridgehead atoms. The molecule has 2 fully saturated rings. The molecule has 4 nitrogen and oxygen atoms in total. The molecular formula is C24H31IN2O2. The number of nitrogens with zero attached hydrogens (tertiary/aromatic N) is 1. The summed E-state index contributed by atoms with van der Waals surface area (Å²) in [7, 11) is 0. The Labute approximate surface area is 188 Å². The first-order valence-electron chi connectivity index (χ1n) is 10.9. The first kappa shape index (κ1) is 22.1. The van der Waals surface area contributed by atoms with Crippen molar-refractivity contribution in [2.24, 2.45) is 5.92 Å². The molecule has 0 radical (unpaired) electrons. The molecule has 1 atom stereocenters. The minimum absolute atomic E-state index is 0.0154. The monoisotopic (exact) mass is 506 g/mol. The Morgan fingerprint density at radius 3 is 2.31 bits per heavy atom. The van der Waals surface area contributed by atoms with Gasteiger partial charge in [-0.2, -0.15) is 0 Å². The highest BCUT2D eigenvalue weighted by molar-refractivity contribution is 14.1. The van der Waals surface area contributed by atoms with Crippen LogP contribution in [0.25, 0.3) is 0 Å². The van der Waals surface area contributed by atoms with Crippen molar-refractivity contribution in [3.05, 3.63) is 33.4 Å². The van der Waals surface area contributed by atoms with Gasteiger partial charge in [0.15, 0.2) is 0 Å².